The van der Waals surface area contributed by atoms with Crippen LogP contribution in [0.3, 0.4) is 0 Å². The van der Waals surface area contributed by atoms with E-state index in [1.165, 1.54) is 12.6 Å². The van der Waals surface area contributed by atoms with E-state index in [1.807, 2.05) is 0 Å². The quantitative estimate of drug-likeness (QED) is 0.626. The second kappa shape index (κ2) is 6.81. The van der Waals surface area contributed by atoms with Crippen molar-refractivity contribution in [3.63, 3.8) is 0 Å². The van der Waals surface area contributed by atoms with Crippen molar-refractivity contribution < 1.29 is 10.0 Å². The largest absolute Gasteiger partial charge is 0.396 e. The molecular weight excluding hydrogens is 260 g/mol. The van der Waals surface area contributed by atoms with Crippen LogP contribution in [0.1, 0.15) is 25.1 Å². The SMILES string of the molecule is Cc1ncc([N+](=O)[O-])n1CCN1CCCC(CCO)C1. The highest BCUT2D eigenvalue weighted by Gasteiger charge is 2.22. The van der Waals surface area contributed by atoms with Gasteiger partial charge in [-0.1, -0.05) is 0 Å². The van der Waals surface area contributed by atoms with E-state index in [9.17, 15) is 10.1 Å². The summed E-state index contributed by atoms with van der Waals surface area (Å²) in [4.78, 5) is 16.9. The van der Waals surface area contributed by atoms with Crippen molar-refractivity contribution in [3.05, 3.63) is 22.1 Å². The summed E-state index contributed by atoms with van der Waals surface area (Å²) in [6.07, 6.45) is 4.47. The highest BCUT2D eigenvalue weighted by Crippen LogP contribution is 2.20. The molecule has 0 aromatic carbocycles. The van der Waals surface area contributed by atoms with Gasteiger partial charge in [0.2, 0.25) is 0 Å². The lowest BCUT2D eigenvalue weighted by Gasteiger charge is -2.32. The molecule has 7 nitrogen and oxygen atoms in total. The number of rotatable bonds is 6. The van der Waals surface area contributed by atoms with Gasteiger partial charge in [0.1, 0.15) is 12.7 Å². The van der Waals surface area contributed by atoms with E-state index >= 15 is 0 Å². The monoisotopic (exact) mass is 282 g/mol. The third-order valence-electron chi connectivity index (χ3n) is 4.00. The van der Waals surface area contributed by atoms with Crippen LogP contribution < -0.4 is 0 Å². The van der Waals surface area contributed by atoms with Gasteiger partial charge in [0, 0.05) is 26.6 Å². The first-order chi connectivity index (χ1) is 9.61. The molecule has 7 heteroatoms. The highest BCUT2D eigenvalue weighted by molar-refractivity contribution is 5.18. The molecule has 1 atom stereocenters. The van der Waals surface area contributed by atoms with Crippen molar-refractivity contribution in [2.75, 3.05) is 26.2 Å². The van der Waals surface area contributed by atoms with E-state index in [4.69, 9.17) is 5.11 Å². The van der Waals surface area contributed by atoms with Gasteiger partial charge in [-0.3, -0.25) is 4.90 Å². The minimum absolute atomic E-state index is 0.0615. The van der Waals surface area contributed by atoms with E-state index in [-0.39, 0.29) is 17.3 Å². The van der Waals surface area contributed by atoms with Gasteiger partial charge in [0.15, 0.2) is 5.82 Å². The third-order valence-corrected chi connectivity index (χ3v) is 4.00. The average molecular weight is 282 g/mol. The molecule has 2 rings (SSSR count). The van der Waals surface area contributed by atoms with Gasteiger partial charge in [-0.25, -0.2) is 9.55 Å². The number of nitro groups is 1. The van der Waals surface area contributed by atoms with Gasteiger partial charge < -0.3 is 15.2 Å². The van der Waals surface area contributed by atoms with E-state index in [1.54, 1.807) is 11.5 Å². The molecule has 0 amide bonds. The number of aryl methyl sites for hydroxylation is 1. The molecule has 1 aromatic rings. The molecule has 20 heavy (non-hydrogen) atoms. The maximum absolute atomic E-state index is 10.9. The van der Waals surface area contributed by atoms with Crippen LogP contribution in [0, 0.1) is 23.0 Å². The summed E-state index contributed by atoms with van der Waals surface area (Å²) in [5, 5.41) is 19.9. The van der Waals surface area contributed by atoms with Crippen LogP contribution in [-0.2, 0) is 6.54 Å². The van der Waals surface area contributed by atoms with Crippen LogP contribution >= 0.6 is 0 Å². The van der Waals surface area contributed by atoms with E-state index in [2.05, 4.69) is 9.88 Å². The zero-order chi connectivity index (χ0) is 14.5. The summed E-state index contributed by atoms with van der Waals surface area (Å²) >= 11 is 0. The summed E-state index contributed by atoms with van der Waals surface area (Å²) in [5.41, 5.74) is 0. The zero-order valence-corrected chi connectivity index (χ0v) is 11.9. The fourth-order valence-electron chi connectivity index (χ4n) is 2.89. The molecule has 1 N–H and O–H groups in total. The molecule has 1 unspecified atom stereocenters. The molecule has 1 saturated heterocycles. The fourth-order valence-corrected chi connectivity index (χ4v) is 2.89. The number of nitrogens with zero attached hydrogens (tertiary/aromatic N) is 4. The van der Waals surface area contributed by atoms with Crippen LogP contribution in [0.15, 0.2) is 6.20 Å². The number of aromatic nitrogens is 2. The second-order valence-corrected chi connectivity index (χ2v) is 5.39. The Kier molecular flexibility index (Phi) is 5.08. The predicted molar refractivity (Wildman–Crippen MR) is 74.5 cm³/mol. The number of imidazole rings is 1. The summed E-state index contributed by atoms with van der Waals surface area (Å²) in [5.74, 6) is 1.29. The lowest BCUT2D eigenvalue weighted by Crippen LogP contribution is -2.37. The van der Waals surface area contributed by atoms with Crippen molar-refractivity contribution in [1.82, 2.24) is 14.5 Å². The Morgan fingerprint density at radius 1 is 1.55 bits per heavy atom. The van der Waals surface area contributed by atoms with Crippen molar-refractivity contribution in [2.24, 2.45) is 5.92 Å². The van der Waals surface area contributed by atoms with Gasteiger partial charge in [-0.15, -0.1) is 0 Å². The molecule has 1 aliphatic rings. The molecule has 1 aliphatic heterocycles. The number of likely N-dealkylation sites (tertiary alicyclic amines) is 1. The van der Waals surface area contributed by atoms with Gasteiger partial charge in [-0.05, 0) is 36.6 Å². The smallest absolute Gasteiger partial charge is 0.342 e. The van der Waals surface area contributed by atoms with Crippen LogP contribution in [0.2, 0.25) is 0 Å². The Balaban J connectivity index is 1.92. The maximum Gasteiger partial charge on any atom is 0.342 e. The Hall–Kier alpha value is -1.47. The standard InChI is InChI=1S/C13H22N4O3/c1-11-14-9-13(17(19)20)16(11)7-6-15-5-2-3-12(10-15)4-8-18/h9,12,18H,2-8,10H2,1H3. The van der Waals surface area contributed by atoms with Crippen LogP contribution in [-0.4, -0.2) is 50.7 Å². The van der Waals surface area contributed by atoms with E-state index in [0.29, 0.717) is 18.3 Å². The first-order valence-corrected chi connectivity index (χ1v) is 7.11. The number of aliphatic hydroxyl groups excluding tert-OH is 1. The minimum Gasteiger partial charge on any atom is -0.396 e. The number of aliphatic hydroxyl groups is 1. The van der Waals surface area contributed by atoms with E-state index in [0.717, 1.165) is 32.5 Å². The second-order valence-electron chi connectivity index (χ2n) is 5.39. The third kappa shape index (κ3) is 3.55. The van der Waals surface area contributed by atoms with Gasteiger partial charge in [0.05, 0.1) is 0 Å². The zero-order valence-electron chi connectivity index (χ0n) is 11.9. The first kappa shape index (κ1) is 14.9. The number of hydrogen-bond acceptors (Lipinski definition) is 5. The highest BCUT2D eigenvalue weighted by atomic mass is 16.6. The normalized spacial score (nSPS) is 20.2. The average Bonchev–Trinajstić information content (AvgIpc) is 2.79. The van der Waals surface area contributed by atoms with Crippen molar-refractivity contribution in [1.29, 1.82) is 0 Å². The Labute approximate surface area is 118 Å². The van der Waals surface area contributed by atoms with E-state index < -0.39 is 0 Å². The number of hydrogen-bond donors (Lipinski definition) is 1. The van der Waals surface area contributed by atoms with Crippen molar-refractivity contribution >= 4 is 5.82 Å². The molecule has 2 heterocycles. The molecule has 0 saturated carbocycles. The molecule has 1 aromatic heterocycles. The Bertz CT molecular complexity index is 458. The summed E-state index contributed by atoms with van der Waals surface area (Å²) < 4.78 is 1.66. The summed E-state index contributed by atoms with van der Waals surface area (Å²) in [6.45, 7) is 5.42. The number of piperidine rings is 1. The van der Waals surface area contributed by atoms with Gasteiger partial charge >= 0.3 is 5.82 Å². The predicted octanol–water partition coefficient (Wildman–Crippen LogP) is 1.19. The van der Waals surface area contributed by atoms with Crippen LogP contribution in [0.4, 0.5) is 5.82 Å². The maximum atomic E-state index is 10.9. The topological polar surface area (TPSA) is 84.4 Å². The lowest BCUT2D eigenvalue weighted by molar-refractivity contribution is -0.392. The first-order valence-electron chi connectivity index (χ1n) is 7.11. The Morgan fingerprint density at radius 3 is 3.05 bits per heavy atom. The molecule has 0 spiro atoms. The molecule has 0 radical (unpaired) electrons. The summed E-state index contributed by atoms with van der Waals surface area (Å²) in [6, 6.07) is 0. The van der Waals surface area contributed by atoms with Crippen LogP contribution in [0.25, 0.3) is 0 Å². The van der Waals surface area contributed by atoms with Crippen molar-refractivity contribution in [2.45, 2.75) is 32.7 Å². The van der Waals surface area contributed by atoms with Crippen molar-refractivity contribution in [3.8, 4) is 0 Å². The van der Waals surface area contributed by atoms with Gasteiger partial charge in [0.25, 0.3) is 0 Å². The Morgan fingerprint density at radius 2 is 2.35 bits per heavy atom. The lowest BCUT2D eigenvalue weighted by atomic mass is 9.95. The fraction of sp³-hybridized carbons (Fsp3) is 0.769. The minimum atomic E-state index is -0.384. The van der Waals surface area contributed by atoms with Crippen LogP contribution in [0.5, 0.6) is 0 Å². The molecular formula is C13H22N4O3. The van der Waals surface area contributed by atoms with Gasteiger partial charge in [-0.2, -0.15) is 0 Å². The molecule has 1 fully saturated rings. The summed E-state index contributed by atoms with van der Waals surface area (Å²) in [7, 11) is 0. The molecule has 0 aliphatic carbocycles. The molecule has 0 bridgehead atoms. The molecule has 112 valence electrons.